The van der Waals surface area contributed by atoms with Gasteiger partial charge in [-0.25, -0.2) is 0 Å². The maximum absolute atomic E-state index is 11.0. The van der Waals surface area contributed by atoms with Crippen LogP contribution in [0.25, 0.3) is 16.7 Å². The molecule has 0 bridgehead atoms. The molecule has 0 aliphatic heterocycles. The molecule has 1 aromatic heterocycles. The van der Waals surface area contributed by atoms with Gasteiger partial charge < -0.3 is 9.84 Å². The number of unbranched alkanes of at least 4 members (excludes halogenated alkanes) is 4. The molecule has 5 heteroatoms. The summed E-state index contributed by atoms with van der Waals surface area (Å²) in [7, 11) is 0. The first kappa shape index (κ1) is 22.1. The first-order valence-electron chi connectivity index (χ1n) is 11.5. The monoisotopic (exact) mass is 409 g/mol. The van der Waals surface area contributed by atoms with Crippen LogP contribution in [0.2, 0.25) is 0 Å². The Bertz CT molecular complexity index is 949. The lowest BCUT2D eigenvalue weighted by atomic mass is 9.99. The zero-order chi connectivity index (χ0) is 21.3. The van der Waals surface area contributed by atoms with Crippen LogP contribution in [0.1, 0.15) is 76.8 Å². The summed E-state index contributed by atoms with van der Waals surface area (Å²) in [5, 5.41) is 20.3. The molecule has 0 unspecified atom stereocenters. The van der Waals surface area contributed by atoms with Crippen molar-refractivity contribution in [1.82, 2.24) is 15.0 Å². The Kier molecular flexibility index (Phi) is 8.12. The second-order valence-electron chi connectivity index (χ2n) is 8.03. The highest BCUT2D eigenvalue weighted by Gasteiger charge is 2.15. The van der Waals surface area contributed by atoms with Gasteiger partial charge in [-0.2, -0.15) is 0 Å². The van der Waals surface area contributed by atoms with E-state index >= 15 is 0 Å². The van der Waals surface area contributed by atoms with E-state index in [2.05, 4.69) is 37.0 Å². The van der Waals surface area contributed by atoms with Gasteiger partial charge in [0.05, 0.1) is 6.61 Å². The smallest absolute Gasteiger partial charge is 0.146 e. The van der Waals surface area contributed by atoms with Crippen molar-refractivity contribution in [1.29, 1.82) is 0 Å². The molecule has 162 valence electrons. The third-order valence-electron chi connectivity index (χ3n) is 5.39. The van der Waals surface area contributed by atoms with Gasteiger partial charge in [0.25, 0.3) is 0 Å². The maximum atomic E-state index is 11.0. The Morgan fingerprint density at radius 1 is 0.833 bits per heavy atom. The predicted molar refractivity (Wildman–Crippen MR) is 123 cm³/mol. The van der Waals surface area contributed by atoms with Crippen molar-refractivity contribution >= 4 is 11.0 Å². The van der Waals surface area contributed by atoms with Gasteiger partial charge in [-0.05, 0) is 61.4 Å². The van der Waals surface area contributed by atoms with Gasteiger partial charge in [-0.1, -0.05) is 52.5 Å². The topological polar surface area (TPSA) is 60.2 Å². The Morgan fingerprint density at radius 3 is 2.30 bits per heavy atom. The van der Waals surface area contributed by atoms with Crippen molar-refractivity contribution in [2.45, 2.75) is 78.6 Å². The van der Waals surface area contributed by atoms with E-state index in [1.807, 2.05) is 24.3 Å². The number of aromatic nitrogens is 3. The fourth-order valence-electron chi connectivity index (χ4n) is 3.69. The third-order valence-corrected chi connectivity index (χ3v) is 5.39. The van der Waals surface area contributed by atoms with Gasteiger partial charge in [0.2, 0.25) is 0 Å². The number of aryl methyl sites for hydroxylation is 2. The molecule has 0 aliphatic rings. The normalized spacial score (nSPS) is 11.3. The quantitative estimate of drug-likeness (QED) is 0.353. The zero-order valence-electron chi connectivity index (χ0n) is 18.7. The summed E-state index contributed by atoms with van der Waals surface area (Å²) in [4.78, 5) is 1.58. The largest absolute Gasteiger partial charge is 0.505 e. The molecule has 30 heavy (non-hydrogen) atoms. The van der Waals surface area contributed by atoms with Gasteiger partial charge in [0.15, 0.2) is 0 Å². The summed E-state index contributed by atoms with van der Waals surface area (Å²) < 4.78 is 5.72. The Labute approximate surface area is 180 Å². The molecule has 0 saturated heterocycles. The minimum absolute atomic E-state index is 0.299. The number of aromatic hydroxyl groups is 1. The van der Waals surface area contributed by atoms with Crippen LogP contribution in [-0.4, -0.2) is 26.7 Å². The number of nitrogens with zero attached hydrogens (tertiary/aromatic N) is 3. The van der Waals surface area contributed by atoms with E-state index in [0.717, 1.165) is 54.5 Å². The summed E-state index contributed by atoms with van der Waals surface area (Å²) in [5.41, 5.74) is 4.48. The van der Waals surface area contributed by atoms with Crippen molar-refractivity contribution in [3.05, 3.63) is 41.5 Å². The van der Waals surface area contributed by atoms with E-state index in [4.69, 9.17) is 4.74 Å². The van der Waals surface area contributed by atoms with Gasteiger partial charge in [-0.3, -0.25) is 0 Å². The second kappa shape index (κ2) is 11.0. The van der Waals surface area contributed by atoms with Crippen LogP contribution in [0.4, 0.5) is 0 Å². The molecule has 1 N–H and O–H groups in total. The first-order chi connectivity index (χ1) is 14.7. The fourth-order valence-corrected chi connectivity index (χ4v) is 3.69. The van der Waals surface area contributed by atoms with Crippen LogP contribution >= 0.6 is 0 Å². The van der Waals surface area contributed by atoms with Crippen LogP contribution in [-0.2, 0) is 12.8 Å². The maximum Gasteiger partial charge on any atom is 0.146 e. The van der Waals surface area contributed by atoms with Crippen molar-refractivity contribution in [2.75, 3.05) is 6.61 Å². The van der Waals surface area contributed by atoms with Crippen LogP contribution in [0.15, 0.2) is 30.3 Å². The molecule has 0 amide bonds. The highest BCUT2D eigenvalue weighted by molar-refractivity contribution is 5.76. The number of fused-ring (bicyclic) bond motifs is 1. The van der Waals surface area contributed by atoms with Crippen LogP contribution in [0, 0.1) is 0 Å². The van der Waals surface area contributed by atoms with Gasteiger partial charge in [0.1, 0.15) is 28.2 Å². The lowest BCUT2D eigenvalue weighted by Gasteiger charge is -2.12. The molecule has 3 aromatic rings. The molecule has 0 radical (unpaired) electrons. The summed E-state index contributed by atoms with van der Waals surface area (Å²) in [6.45, 7) is 7.19. The number of rotatable bonds is 12. The number of ether oxygens (including phenoxy) is 1. The number of benzene rings is 2. The van der Waals surface area contributed by atoms with E-state index < -0.39 is 0 Å². The van der Waals surface area contributed by atoms with Gasteiger partial charge in [-0.15, -0.1) is 15.0 Å². The van der Waals surface area contributed by atoms with Crippen LogP contribution in [0.5, 0.6) is 11.5 Å². The third kappa shape index (κ3) is 5.53. The molecular formula is C25H35N3O2. The standard InChI is InChI=1S/C25H35N3O2/c1-4-7-9-11-19-16-20(12-10-8-5-2)25(29)24(17-19)28-26-22-14-13-21(30-15-6-3)18-23(22)27-28/h13-14,16-18,29H,4-12,15H2,1-3H3. The Hall–Kier alpha value is -2.56. The molecule has 0 saturated carbocycles. The zero-order valence-corrected chi connectivity index (χ0v) is 18.7. The molecule has 1 heterocycles. The lowest BCUT2D eigenvalue weighted by Crippen LogP contribution is -2.03. The van der Waals surface area contributed by atoms with Gasteiger partial charge in [0, 0.05) is 6.07 Å². The molecule has 0 atom stereocenters. The van der Waals surface area contributed by atoms with E-state index in [-0.39, 0.29) is 0 Å². The number of hydrogen-bond donors (Lipinski definition) is 1. The Balaban J connectivity index is 1.95. The van der Waals surface area contributed by atoms with Crippen molar-refractivity contribution in [3.8, 4) is 17.2 Å². The lowest BCUT2D eigenvalue weighted by molar-refractivity contribution is 0.318. The number of phenolic OH excluding ortho intramolecular Hbond substituents is 1. The molecule has 0 spiro atoms. The molecule has 0 fully saturated rings. The highest BCUT2D eigenvalue weighted by Crippen LogP contribution is 2.30. The SMILES string of the molecule is CCCCCc1cc(CCCCC)c(O)c(-n2nc3ccc(OCCC)cc3n2)c1. The molecule has 2 aromatic carbocycles. The predicted octanol–water partition coefficient (Wildman–Crippen LogP) is 6.38. The minimum atomic E-state index is 0.299. The van der Waals surface area contributed by atoms with Crippen LogP contribution in [0.3, 0.4) is 0 Å². The molecule has 0 aliphatic carbocycles. The summed E-state index contributed by atoms with van der Waals surface area (Å²) >= 11 is 0. The number of phenols is 1. The highest BCUT2D eigenvalue weighted by atomic mass is 16.5. The summed E-state index contributed by atoms with van der Waals surface area (Å²) in [6.07, 6.45) is 9.83. The van der Waals surface area contributed by atoms with E-state index in [0.29, 0.717) is 18.0 Å². The van der Waals surface area contributed by atoms with Crippen molar-refractivity contribution in [3.63, 3.8) is 0 Å². The average Bonchev–Trinajstić information content (AvgIpc) is 3.17. The molecular weight excluding hydrogens is 374 g/mol. The second-order valence-corrected chi connectivity index (χ2v) is 8.03. The molecule has 5 nitrogen and oxygen atoms in total. The summed E-state index contributed by atoms with van der Waals surface area (Å²) in [5.74, 6) is 1.10. The average molecular weight is 410 g/mol. The molecule has 3 rings (SSSR count). The Morgan fingerprint density at radius 2 is 1.57 bits per heavy atom. The van der Waals surface area contributed by atoms with Crippen molar-refractivity contribution < 1.29 is 9.84 Å². The first-order valence-corrected chi connectivity index (χ1v) is 11.5. The van der Waals surface area contributed by atoms with E-state index in [1.54, 1.807) is 4.80 Å². The summed E-state index contributed by atoms with van der Waals surface area (Å²) in [6, 6.07) is 9.98. The fraction of sp³-hybridized carbons (Fsp3) is 0.520. The number of hydrogen-bond acceptors (Lipinski definition) is 4. The minimum Gasteiger partial charge on any atom is -0.505 e. The van der Waals surface area contributed by atoms with Gasteiger partial charge >= 0.3 is 0 Å². The van der Waals surface area contributed by atoms with Crippen molar-refractivity contribution in [2.24, 2.45) is 0 Å². The van der Waals surface area contributed by atoms with E-state index in [9.17, 15) is 5.11 Å². The van der Waals surface area contributed by atoms with Crippen LogP contribution < -0.4 is 4.74 Å². The van der Waals surface area contributed by atoms with E-state index in [1.165, 1.54) is 31.2 Å².